The van der Waals surface area contributed by atoms with Gasteiger partial charge in [0.15, 0.2) is 0 Å². The van der Waals surface area contributed by atoms with E-state index in [1.165, 1.54) is 0 Å². The van der Waals surface area contributed by atoms with E-state index in [0.29, 0.717) is 52.9 Å². The molecule has 1 rings (SSSR count). The molecule has 0 unspecified atom stereocenters. The van der Waals surface area contributed by atoms with Gasteiger partial charge in [0.25, 0.3) is 0 Å². The highest BCUT2D eigenvalue weighted by atomic mass is 28.4. The Hall–Kier alpha value is 0.0169. The zero-order chi connectivity index (χ0) is 11.7. The molecule has 0 atom stereocenters. The summed E-state index contributed by atoms with van der Waals surface area (Å²) in [4.78, 5) is 0. The Morgan fingerprint density at radius 2 is 0.875 bits per heavy atom. The molecule has 1 aliphatic rings. The summed E-state index contributed by atoms with van der Waals surface area (Å²) in [6.07, 6.45) is 0. The fraction of sp³-hybridized carbons (Fsp3) is 1.00. The fourth-order valence-electron chi connectivity index (χ4n) is 1.28. The van der Waals surface area contributed by atoms with Gasteiger partial charge in [-0.05, 0) is 13.1 Å². The maximum absolute atomic E-state index is 5.67. The van der Waals surface area contributed by atoms with Gasteiger partial charge in [-0.15, -0.1) is 0 Å². The molecular formula is C10H22O5Si. The third kappa shape index (κ3) is 7.32. The summed E-state index contributed by atoms with van der Waals surface area (Å²) in [6.45, 7) is 8.85. The highest BCUT2D eigenvalue weighted by Crippen LogP contribution is 2.06. The summed E-state index contributed by atoms with van der Waals surface area (Å²) in [6, 6.07) is 0. The second kappa shape index (κ2) is 8.16. The van der Waals surface area contributed by atoms with E-state index in [9.17, 15) is 0 Å². The largest absolute Gasteiger partial charge is 0.392 e. The molecule has 0 N–H and O–H groups in total. The summed E-state index contributed by atoms with van der Waals surface area (Å²) < 4.78 is 27.3. The van der Waals surface area contributed by atoms with Crippen molar-refractivity contribution in [2.45, 2.75) is 13.1 Å². The van der Waals surface area contributed by atoms with Gasteiger partial charge in [-0.1, -0.05) is 0 Å². The molecule has 0 aromatic heterocycles. The predicted molar refractivity (Wildman–Crippen MR) is 61.8 cm³/mol. The lowest BCUT2D eigenvalue weighted by Gasteiger charge is -2.23. The summed E-state index contributed by atoms with van der Waals surface area (Å²) in [7, 11) is -1.99. The van der Waals surface area contributed by atoms with Crippen molar-refractivity contribution >= 4 is 8.56 Å². The first-order chi connectivity index (χ1) is 7.71. The molecule has 1 fully saturated rings. The Bertz CT molecular complexity index is 161. The molecule has 16 heavy (non-hydrogen) atoms. The van der Waals surface area contributed by atoms with Gasteiger partial charge in [-0.25, -0.2) is 0 Å². The van der Waals surface area contributed by atoms with Crippen LogP contribution in [0, 0.1) is 0 Å². The highest BCUT2D eigenvalue weighted by molar-refractivity contribution is 6.64. The van der Waals surface area contributed by atoms with E-state index >= 15 is 0 Å². The van der Waals surface area contributed by atoms with E-state index in [2.05, 4.69) is 0 Å². The molecule has 0 aliphatic carbocycles. The van der Waals surface area contributed by atoms with Gasteiger partial charge < -0.3 is 23.1 Å². The summed E-state index contributed by atoms with van der Waals surface area (Å²) in [5.74, 6) is 0. The minimum Gasteiger partial charge on any atom is -0.392 e. The van der Waals surface area contributed by atoms with E-state index in [4.69, 9.17) is 23.1 Å². The van der Waals surface area contributed by atoms with Crippen molar-refractivity contribution in [2.75, 3.05) is 52.9 Å². The lowest BCUT2D eigenvalue weighted by atomic mass is 10.7. The normalized spacial score (nSPS) is 25.9. The second-order valence-electron chi connectivity index (χ2n) is 3.93. The molecule has 0 aromatic carbocycles. The van der Waals surface area contributed by atoms with E-state index in [1.807, 2.05) is 13.1 Å². The van der Waals surface area contributed by atoms with Crippen molar-refractivity contribution in [2.24, 2.45) is 0 Å². The maximum Gasteiger partial charge on any atom is 0.331 e. The van der Waals surface area contributed by atoms with Crippen LogP contribution in [0.1, 0.15) is 0 Å². The molecule has 1 aliphatic heterocycles. The first-order valence-corrected chi connectivity index (χ1v) is 8.53. The van der Waals surface area contributed by atoms with Crippen molar-refractivity contribution in [1.82, 2.24) is 0 Å². The lowest BCUT2D eigenvalue weighted by molar-refractivity contribution is -0.00682. The molecule has 0 amide bonds. The van der Waals surface area contributed by atoms with Crippen LogP contribution < -0.4 is 0 Å². The smallest absolute Gasteiger partial charge is 0.331 e. The van der Waals surface area contributed by atoms with Crippen LogP contribution in [0.3, 0.4) is 0 Å². The van der Waals surface area contributed by atoms with Crippen LogP contribution in [0.15, 0.2) is 0 Å². The molecular weight excluding hydrogens is 228 g/mol. The average Bonchev–Trinajstić information content (AvgIpc) is 2.24. The molecule has 0 radical (unpaired) electrons. The van der Waals surface area contributed by atoms with Crippen LogP contribution in [0.4, 0.5) is 0 Å². The van der Waals surface area contributed by atoms with Gasteiger partial charge >= 0.3 is 8.56 Å². The molecule has 1 heterocycles. The second-order valence-corrected chi connectivity index (χ2v) is 7.31. The Morgan fingerprint density at radius 3 is 1.25 bits per heavy atom. The molecule has 96 valence electrons. The summed E-state index contributed by atoms with van der Waals surface area (Å²) >= 11 is 0. The third-order valence-corrected chi connectivity index (χ3v) is 3.90. The Morgan fingerprint density at radius 1 is 0.562 bits per heavy atom. The van der Waals surface area contributed by atoms with Crippen molar-refractivity contribution < 1.29 is 23.1 Å². The molecule has 1 saturated heterocycles. The minimum absolute atomic E-state index is 0.583. The predicted octanol–water partition coefficient (Wildman–Crippen LogP) is 0.785. The Labute approximate surface area is 98.2 Å². The van der Waals surface area contributed by atoms with Gasteiger partial charge in [0.05, 0.1) is 52.9 Å². The van der Waals surface area contributed by atoms with Crippen molar-refractivity contribution in [3.8, 4) is 0 Å². The quantitative estimate of drug-likeness (QED) is 0.595. The van der Waals surface area contributed by atoms with Crippen LogP contribution in [0.2, 0.25) is 13.1 Å². The van der Waals surface area contributed by atoms with Crippen LogP contribution in [-0.4, -0.2) is 61.4 Å². The number of hydrogen-bond donors (Lipinski definition) is 0. The number of ether oxygens (including phenoxy) is 3. The van der Waals surface area contributed by atoms with E-state index in [-0.39, 0.29) is 0 Å². The maximum atomic E-state index is 5.67. The van der Waals surface area contributed by atoms with Crippen LogP contribution >= 0.6 is 0 Å². The first-order valence-electron chi connectivity index (χ1n) is 5.72. The van der Waals surface area contributed by atoms with Gasteiger partial charge in [0.1, 0.15) is 0 Å². The monoisotopic (exact) mass is 250 g/mol. The average molecular weight is 250 g/mol. The van der Waals surface area contributed by atoms with Gasteiger partial charge in [-0.3, -0.25) is 0 Å². The van der Waals surface area contributed by atoms with E-state index in [1.54, 1.807) is 0 Å². The molecule has 0 spiro atoms. The zero-order valence-corrected chi connectivity index (χ0v) is 11.2. The molecule has 6 heteroatoms. The zero-order valence-electron chi connectivity index (χ0n) is 10.2. The first kappa shape index (κ1) is 14.1. The SMILES string of the molecule is C[Si]1(C)OCCOCCOCCOCCO1. The van der Waals surface area contributed by atoms with Crippen molar-refractivity contribution in [1.29, 1.82) is 0 Å². The third-order valence-electron chi connectivity index (χ3n) is 2.10. The molecule has 0 saturated carbocycles. The van der Waals surface area contributed by atoms with Crippen LogP contribution in [0.25, 0.3) is 0 Å². The van der Waals surface area contributed by atoms with Crippen LogP contribution in [0.5, 0.6) is 0 Å². The van der Waals surface area contributed by atoms with Gasteiger partial charge in [0.2, 0.25) is 0 Å². The number of hydrogen-bond acceptors (Lipinski definition) is 5. The topological polar surface area (TPSA) is 46.2 Å². The Balaban J connectivity index is 2.22. The van der Waals surface area contributed by atoms with E-state index < -0.39 is 8.56 Å². The fourth-order valence-corrected chi connectivity index (χ4v) is 2.51. The van der Waals surface area contributed by atoms with E-state index in [0.717, 1.165) is 0 Å². The molecule has 0 aromatic rings. The minimum atomic E-state index is -1.99. The van der Waals surface area contributed by atoms with Crippen LogP contribution in [-0.2, 0) is 23.1 Å². The lowest BCUT2D eigenvalue weighted by Crippen LogP contribution is -2.37. The highest BCUT2D eigenvalue weighted by Gasteiger charge is 2.24. The Kier molecular flexibility index (Phi) is 7.18. The van der Waals surface area contributed by atoms with Gasteiger partial charge in [-0.2, -0.15) is 0 Å². The summed E-state index contributed by atoms with van der Waals surface area (Å²) in [5.41, 5.74) is 0. The molecule has 5 nitrogen and oxygen atoms in total. The standard InChI is InChI=1S/C10H22O5Si/c1-16(2)14-9-7-12-5-3-11-4-6-13-8-10-15-16/h3-10H2,1-2H3. The summed E-state index contributed by atoms with van der Waals surface area (Å²) in [5, 5.41) is 0. The number of rotatable bonds is 0. The molecule has 0 bridgehead atoms. The van der Waals surface area contributed by atoms with Gasteiger partial charge in [0, 0.05) is 0 Å². The van der Waals surface area contributed by atoms with Crippen molar-refractivity contribution in [3.63, 3.8) is 0 Å². The van der Waals surface area contributed by atoms with Crippen molar-refractivity contribution in [3.05, 3.63) is 0 Å².